The van der Waals surface area contributed by atoms with E-state index in [1.807, 2.05) is 0 Å². The molecule has 0 heterocycles. The number of nitrogens with zero attached hydrogens (tertiary/aromatic N) is 1. The van der Waals surface area contributed by atoms with E-state index in [-0.39, 0.29) is 6.61 Å². The molecule has 3 heteroatoms. The van der Waals surface area contributed by atoms with Gasteiger partial charge in [-0.15, -0.1) is 0 Å². The zero-order chi connectivity index (χ0) is 14.6. The van der Waals surface area contributed by atoms with Crippen LogP contribution < -0.4 is 5.73 Å². The molecule has 0 bridgehead atoms. The highest BCUT2D eigenvalue weighted by Gasteiger charge is 2.35. The van der Waals surface area contributed by atoms with E-state index in [4.69, 9.17) is 5.73 Å². The van der Waals surface area contributed by atoms with Crippen LogP contribution in [0.3, 0.4) is 0 Å². The van der Waals surface area contributed by atoms with Crippen molar-refractivity contribution in [2.75, 3.05) is 19.7 Å². The molecule has 118 valence electrons. The van der Waals surface area contributed by atoms with Gasteiger partial charge in [-0.1, -0.05) is 33.1 Å². The zero-order valence-electron chi connectivity index (χ0n) is 13.5. The van der Waals surface area contributed by atoms with Crippen LogP contribution in [-0.2, 0) is 0 Å². The summed E-state index contributed by atoms with van der Waals surface area (Å²) in [6.07, 6.45) is 10.4. The molecule has 20 heavy (non-hydrogen) atoms. The van der Waals surface area contributed by atoms with E-state index in [0.717, 1.165) is 19.5 Å². The van der Waals surface area contributed by atoms with Crippen molar-refractivity contribution in [2.45, 2.75) is 77.3 Å². The molecule has 0 aliphatic heterocycles. The second kappa shape index (κ2) is 7.24. The van der Waals surface area contributed by atoms with Gasteiger partial charge in [0.1, 0.15) is 0 Å². The molecule has 2 aliphatic rings. The van der Waals surface area contributed by atoms with Crippen molar-refractivity contribution < 1.29 is 5.11 Å². The molecular formula is C17H34N2O. The Morgan fingerprint density at radius 3 is 2.50 bits per heavy atom. The highest BCUT2D eigenvalue weighted by Crippen LogP contribution is 2.38. The summed E-state index contributed by atoms with van der Waals surface area (Å²) in [5.41, 5.74) is 6.83. The smallest absolute Gasteiger partial charge is 0.0558 e. The van der Waals surface area contributed by atoms with Crippen molar-refractivity contribution in [1.29, 1.82) is 0 Å². The lowest BCUT2D eigenvalue weighted by atomic mass is 9.70. The van der Waals surface area contributed by atoms with Crippen molar-refractivity contribution >= 4 is 0 Å². The lowest BCUT2D eigenvalue weighted by Crippen LogP contribution is -2.48. The minimum atomic E-state index is 0.280. The summed E-state index contributed by atoms with van der Waals surface area (Å²) in [5, 5.41) is 9.39. The standard InChI is InChI=1S/C17H34N2O/c1-17(2)9-8-16(18)14(12-17)13-19(10-11-20)15-6-4-3-5-7-15/h14-16,20H,3-13,18H2,1-2H3. The van der Waals surface area contributed by atoms with Gasteiger partial charge in [0.15, 0.2) is 0 Å². The second-order valence-corrected chi connectivity index (χ2v) is 7.84. The predicted octanol–water partition coefficient (Wildman–Crippen LogP) is 2.77. The molecule has 2 unspecified atom stereocenters. The maximum atomic E-state index is 9.39. The van der Waals surface area contributed by atoms with Gasteiger partial charge in [0.05, 0.1) is 6.61 Å². The number of hydrogen-bond donors (Lipinski definition) is 2. The quantitative estimate of drug-likeness (QED) is 0.815. The second-order valence-electron chi connectivity index (χ2n) is 7.84. The summed E-state index contributed by atoms with van der Waals surface area (Å²) in [4.78, 5) is 2.55. The molecule has 0 amide bonds. The number of hydrogen-bond acceptors (Lipinski definition) is 3. The van der Waals surface area contributed by atoms with Gasteiger partial charge >= 0.3 is 0 Å². The normalized spacial score (nSPS) is 31.6. The van der Waals surface area contributed by atoms with Gasteiger partial charge in [-0.2, -0.15) is 0 Å². The van der Waals surface area contributed by atoms with Crippen LogP contribution >= 0.6 is 0 Å². The topological polar surface area (TPSA) is 49.5 Å². The summed E-state index contributed by atoms with van der Waals surface area (Å²) in [6, 6.07) is 1.04. The fraction of sp³-hybridized carbons (Fsp3) is 1.00. The van der Waals surface area contributed by atoms with Gasteiger partial charge in [-0.3, -0.25) is 4.90 Å². The number of aliphatic hydroxyl groups excluding tert-OH is 1. The van der Waals surface area contributed by atoms with Crippen molar-refractivity contribution in [2.24, 2.45) is 17.1 Å². The minimum absolute atomic E-state index is 0.280. The SMILES string of the molecule is CC1(C)CCC(N)C(CN(CCO)C2CCCCC2)C1. The van der Waals surface area contributed by atoms with Crippen molar-refractivity contribution in [3.05, 3.63) is 0 Å². The fourth-order valence-corrected chi connectivity index (χ4v) is 4.26. The fourth-order valence-electron chi connectivity index (χ4n) is 4.26. The van der Waals surface area contributed by atoms with Crippen LogP contribution in [0, 0.1) is 11.3 Å². The Labute approximate surface area is 124 Å². The van der Waals surface area contributed by atoms with Crippen LogP contribution in [0.15, 0.2) is 0 Å². The Hall–Kier alpha value is -0.120. The van der Waals surface area contributed by atoms with Gasteiger partial charge in [-0.25, -0.2) is 0 Å². The first-order valence-electron chi connectivity index (χ1n) is 8.62. The molecule has 2 aliphatic carbocycles. The first kappa shape index (κ1) is 16.3. The van der Waals surface area contributed by atoms with Crippen LogP contribution in [-0.4, -0.2) is 41.8 Å². The first-order chi connectivity index (χ1) is 9.52. The summed E-state index contributed by atoms with van der Waals surface area (Å²) in [7, 11) is 0. The average Bonchev–Trinajstić information content (AvgIpc) is 2.43. The molecule has 0 aromatic heterocycles. The molecule has 2 fully saturated rings. The van der Waals surface area contributed by atoms with Crippen LogP contribution in [0.1, 0.15) is 65.2 Å². The van der Waals surface area contributed by atoms with Crippen LogP contribution in [0.5, 0.6) is 0 Å². The van der Waals surface area contributed by atoms with Crippen LogP contribution in [0.4, 0.5) is 0 Å². The molecule has 0 aromatic carbocycles. The molecule has 2 saturated carbocycles. The van der Waals surface area contributed by atoms with E-state index >= 15 is 0 Å². The molecule has 0 spiro atoms. The molecule has 3 nitrogen and oxygen atoms in total. The summed E-state index contributed by atoms with van der Waals surface area (Å²) in [5.74, 6) is 0.604. The summed E-state index contributed by atoms with van der Waals surface area (Å²) in [6.45, 7) is 6.96. The zero-order valence-corrected chi connectivity index (χ0v) is 13.5. The molecule has 0 aromatic rings. The molecule has 3 N–H and O–H groups in total. The highest BCUT2D eigenvalue weighted by atomic mass is 16.3. The van der Waals surface area contributed by atoms with Gasteiger partial charge in [0.25, 0.3) is 0 Å². The van der Waals surface area contributed by atoms with Crippen LogP contribution in [0.25, 0.3) is 0 Å². The molecule has 2 atom stereocenters. The first-order valence-corrected chi connectivity index (χ1v) is 8.62. The maximum absolute atomic E-state index is 9.39. The van der Waals surface area contributed by atoms with Gasteiger partial charge in [0, 0.05) is 25.2 Å². The van der Waals surface area contributed by atoms with E-state index in [1.165, 1.54) is 44.9 Å². The van der Waals surface area contributed by atoms with E-state index in [2.05, 4.69) is 18.7 Å². The Bertz CT molecular complexity index is 287. The van der Waals surface area contributed by atoms with Crippen molar-refractivity contribution in [1.82, 2.24) is 4.90 Å². The number of rotatable bonds is 5. The van der Waals surface area contributed by atoms with Gasteiger partial charge in [-0.05, 0) is 43.4 Å². The van der Waals surface area contributed by atoms with E-state index in [0.29, 0.717) is 23.4 Å². The van der Waals surface area contributed by atoms with Crippen molar-refractivity contribution in [3.8, 4) is 0 Å². The molecule has 0 radical (unpaired) electrons. The lowest BCUT2D eigenvalue weighted by Gasteiger charge is -2.43. The Balaban J connectivity index is 1.95. The van der Waals surface area contributed by atoms with Gasteiger partial charge < -0.3 is 10.8 Å². The predicted molar refractivity (Wildman–Crippen MR) is 84.6 cm³/mol. The van der Waals surface area contributed by atoms with E-state index < -0.39 is 0 Å². The third-order valence-corrected chi connectivity index (χ3v) is 5.52. The lowest BCUT2D eigenvalue weighted by molar-refractivity contribution is 0.0671. The Kier molecular flexibility index (Phi) is 5.88. The minimum Gasteiger partial charge on any atom is -0.395 e. The van der Waals surface area contributed by atoms with E-state index in [9.17, 15) is 5.11 Å². The monoisotopic (exact) mass is 282 g/mol. The largest absolute Gasteiger partial charge is 0.395 e. The van der Waals surface area contributed by atoms with Crippen molar-refractivity contribution in [3.63, 3.8) is 0 Å². The summed E-state index contributed by atoms with van der Waals surface area (Å²) >= 11 is 0. The number of aliphatic hydroxyl groups is 1. The molecule has 2 rings (SSSR count). The van der Waals surface area contributed by atoms with Crippen LogP contribution in [0.2, 0.25) is 0 Å². The van der Waals surface area contributed by atoms with Gasteiger partial charge in [0.2, 0.25) is 0 Å². The average molecular weight is 282 g/mol. The Morgan fingerprint density at radius 1 is 1.15 bits per heavy atom. The summed E-state index contributed by atoms with van der Waals surface area (Å²) < 4.78 is 0. The third-order valence-electron chi connectivity index (χ3n) is 5.52. The third kappa shape index (κ3) is 4.44. The maximum Gasteiger partial charge on any atom is 0.0558 e. The Morgan fingerprint density at radius 2 is 1.85 bits per heavy atom. The molecular weight excluding hydrogens is 248 g/mol. The molecule has 0 saturated heterocycles. The number of nitrogens with two attached hydrogens (primary N) is 1. The van der Waals surface area contributed by atoms with E-state index in [1.54, 1.807) is 0 Å². The highest BCUT2D eigenvalue weighted by molar-refractivity contribution is 4.90.